The van der Waals surface area contributed by atoms with E-state index in [1.54, 1.807) is 51.4 Å². The maximum atomic E-state index is 1.62. The summed E-state index contributed by atoms with van der Waals surface area (Å²) >= 11 is 0. The van der Waals surface area contributed by atoms with E-state index in [-0.39, 0.29) is 0 Å². The van der Waals surface area contributed by atoms with Crippen LogP contribution in [-0.4, -0.2) is 0 Å². The Bertz CT molecular complexity index is 196. The summed E-state index contributed by atoms with van der Waals surface area (Å²) in [6, 6.07) is 0. The Labute approximate surface area is 88.5 Å². The van der Waals surface area contributed by atoms with Crippen molar-refractivity contribution in [2.75, 3.05) is 0 Å². The highest BCUT2D eigenvalue weighted by molar-refractivity contribution is 4.89. The minimum absolute atomic E-state index is 1.14. The predicted molar refractivity (Wildman–Crippen MR) is 60.1 cm³/mol. The number of fused-ring (bicyclic) bond motifs is 2. The van der Waals surface area contributed by atoms with Crippen LogP contribution >= 0.6 is 0 Å². The first-order chi connectivity index (χ1) is 6.93. The van der Waals surface area contributed by atoms with Gasteiger partial charge >= 0.3 is 0 Å². The van der Waals surface area contributed by atoms with Gasteiger partial charge in [0.1, 0.15) is 0 Å². The van der Waals surface area contributed by atoms with E-state index in [4.69, 9.17) is 0 Å². The maximum Gasteiger partial charge on any atom is -0.0383 e. The Morgan fingerprint density at radius 2 is 0.929 bits per heavy atom. The monoisotopic (exact) mass is 192 g/mol. The van der Waals surface area contributed by atoms with Gasteiger partial charge in [-0.1, -0.05) is 32.1 Å². The molecule has 0 bridgehead atoms. The third-order valence-electron chi connectivity index (χ3n) is 5.41. The molecule has 0 radical (unpaired) electrons. The molecule has 0 amide bonds. The predicted octanol–water partition coefficient (Wildman–Crippen LogP) is 4.39. The van der Waals surface area contributed by atoms with Crippen LogP contribution in [-0.2, 0) is 0 Å². The van der Waals surface area contributed by atoms with E-state index in [0.29, 0.717) is 0 Å². The zero-order valence-electron chi connectivity index (χ0n) is 9.38. The molecule has 80 valence electrons. The standard InChI is InChI=1S/C14H24/c1-2-4-11-6-7-12-8-9-14(12)10-13(11)5-3-1/h11-14H,1-10H2. The van der Waals surface area contributed by atoms with Crippen molar-refractivity contribution in [3.8, 4) is 0 Å². The normalized spacial score (nSPS) is 48.0. The smallest absolute Gasteiger partial charge is 0.0383 e. The van der Waals surface area contributed by atoms with Crippen LogP contribution < -0.4 is 0 Å². The van der Waals surface area contributed by atoms with Crippen LogP contribution in [0.1, 0.15) is 64.2 Å². The first-order valence-electron chi connectivity index (χ1n) is 6.93. The lowest BCUT2D eigenvalue weighted by molar-refractivity contribution is 0.147. The molecule has 4 unspecified atom stereocenters. The van der Waals surface area contributed by atoms with Gasteiger partial charge in [0.2, 0.25) is 0 Å². The van der Waals surface area contributed by atoms with Crippen LogP contribution in [0.15, 0.2) is 0 Å². The first kappa shape index (κ1) is 9.24. The summed E-state index contributed by atoms with van der Waals surface area (Å²) in [7, 11) is 0. The molecule has 3 aliphatic rings. The van der Waals surface area contributed by atoms with Crippen LogP contribution in [0, 0.1) is 23.7 Å². The van der Waals surface area contributed by atoms with E-state index in [1.807, 2.05) is 0 Å². The van der Waals surface area contributed by atoms with Crippen molar-refractivity contribution in [2.24, 2.45) is 23.7 Å². The fourth-order valence-corrected chi connectivity index (χ4v) is 4.30. The van der Waals surface area contributed by atoms with Crippen LogP contribution in [0.2, 0.25) is 0 Å². The van der Waals surface area contributed by atoms with Gasteiger partial charge in [0.15, 0.2) is 0 Å². The van der Waals surface area contributed by atoms with Crippen molar-refractivity contribution in [2.45, 2.75) is 64.2 Å². The van der Waals surface area contributed by atoms with Crippen LogP contribution in [0.25, 0.3) is 0 Å². The Balaban J connectivity index is 1.69. The number of rotatable bonds is 0. The van der Waals surface area contributed by atoms with E-state index < -0.39 is 0 Å². The van der Waals surface area contributed by atoms with E-state index >= 15 is 0 Å². The van der Waals surface area contributed by atoms with Crippen molar-refractivity contribution < 1.29 is 0 Å². The first-order valence-corrected chi connectivity index (χ1v) is 6.93. The van der Waals surface area contributed by atoms with Gasteiger partial charge in [0.25, 0.3) is 0 Å². The van der Waals surface area contributed by atoms with Crippen LogP contribution in [0.3, 0.4) is 0 Å². The summed E-state index contributed by atoms with van der Waals surface area (Å²) in [5.41, 5.74) is 0. The van der Waals surface area contributed by atoms with Gasteiger partial charge in [-0.25, -0.2) is 0 Å². The Hall–Kier alpha value is 0. The molecule has 0 spiro atoms. The molecule has 3 fully saturated rings. The van der Waals surface area contributed by atoms with Gasteiger partial charge in [0, 0.05) is 0 Å². The lowest BCUT2D eigenvalue weighted by Gasteiger charge is -2.36. The van der Waals surface area contributed by atoms with Crippen molar-refractivity contribution in [3.05, 3.63) is 0 Å². The highest BCUT2D eigenvalue weighted by Crippen LogP contribution is 2.49. The number of hydrogen-bond acceptors (Lipinski definition) is 0. The maximum absolute atomic E-state index is 1.62. The van der Waals surface area contributed by atoms with Crippen LogP contribution in [0.4, 0.5) is 0 Å². The molecule has 0 aromatic rings. The minimum Gasteiger partial charge on any atom is -0.0533 e. The molecule has 0 N–H and O–H groups in total. The molecular weight excluding hydrogens is 168 g/mol. The molecule has 0 nitrogen and oxygen atoms in total. The fourth-order valence-electron chi connectivity index (χ4n) is 4.30. The Morgan fingerprint density at radius 1 is 0.429 bits per heavy atom. The lowest BCUT2D eigenvalue weighted by atomic mass is 9.69. The van der Waals surface area contributed by atoms with Crippen LogP contribution in [0.5, 0.6) is 0 Å². The fraction of sp³-hybridized carbons (Fsp3) is 1.00. The quantitative estimate of drug-likeness (QED) is 0.534. The molecule has 0 aliphatic heterocycles. The third-order valence-corrected chi connectivity index (χ3v) is 5.41. The highest BCUT2D eigenvalue weighted by atomic mass is 14.4. The minimum atomic E-state index is 1.14. The molecule has 0 aromatic carbocycles. The molecule has 0 saturated heterocycles. The Kier molecular flexibility index (Phi) is 2.55. The molecule has 0 aromatic heterocycles. The molecule has 3 rings (SSSR count). The summed E-state index contributed by atoms with van der Waals surface area (Å²) in [4.78, 5) is 0. The van der Waals surface area contributed by atoms with Crippen molar-refractivity contribution in [1.29, 1.82) is 0 Å². The summed E-state index contributed by atoms with van der Waals surface area (Å²) in [6.45, 7) is 0. The Morgan fingerprint density at radius 3 is 1.64 bits per heavy atom. The van der Waals surface area contributed by atoms with Gasteiger partial charge in [-0.05, 0) is 55.8 Å². The van der Waals surface area contributed by atoms with Gasteiger partial charge in [-0.3, -0.25) is 0 Å². The molecule has 4 atom stereocenters. The summed E-state index contributed by atoms with van der Waals surface area (Å²) in [5.74, 6) is 4.63. The highest BCUT2D eigenvalue weighted by Gasteiger charge is 2.38. The molecule has 3 saturated carbocycles. The van der Waals surface area contributed by atoms with Gasteiger partial charge < -0.3 is 0 Å². The summed E-state index contributed by atoms with van der Waals surface area (Å²) in [5, 5.41) is 0. The van der Waals surface area contributed by atoms with E-state index in [0.717, 1.165) is 11.8 Å². The van der Waals surface area contributed by atoms with Gasteiger partial charge in [-0.15, -0.1) is 0 Å². The molecule has 0 heteroatoms. The topological polar surface area (TPSA) is 0 Å². The molecular formula is C14H24. The van der Waals surface area contributed by atoms with E-state index in [9.17, 15) is 0 Å². The largest absolute Gasteiger partial charge is 0.0533 e. The molecule has 14 heavy (non-hydrogen) atoms. The summed E-state index contributed by atoms with van der Waals surface area (Å²) < 4.78 is 0. The van der Waals surface area contributed by atoms with Gasteiger partial charge in [0.05, 0.1) is 0 Å². The van der Waals surface area contributed by atoms with E-state index in [1.165, 1.54) is 24.7 Å². The van der Waals surface area contributed by atoms with Crippen molar-refractivity contribution in [1.82, 2.24) is 0 Å². The SMILES string of the molecule is C1CCC2CCC3CCC3CC2CC1. The van der Waals surface area contributed by atoms with E-state index in [2.05, 4.69) is 0 Å². The second-order valence-corrected chi connectivity index (χ2v) is 6.07. The van der Waals surface area contributed by atoms with Gasteiger partial charge in [-0.2, -0.15) is 0 Å². The van der Waals surface area contributed by atoms with Crippen molar-refractivity contribution >= 4 is 0 Å². The second kappa shape index (κ2) is 3.87. The average Bonchev–Trinajstić information content (AvgIpc) is 2.42. The summed E-state index contributed by atoms with van der Waals surface area (Å²) in [6.07, 6.45) is 15.7. The number of hydrogen-bond donors (Lipinski definition) is 0. The third kappa shape index (κ3) is 1.61. The van der Waals surface area contributed by atoms with Crippen molar-refractivity contribution in [3.63, 3.8) is 0 Å². The zero-order valence-corrected chi connectivity index (χ0v) is 9.38. The second-order valence-electron chi connectivity index (χ2n) is 6.07. The molecule has 0 heterocycles. The average molecular weight is 192 g/mol. The lowest BCUT2D eigenvalue weighted by Crippen LogP contribution is -2.25. The molecule has 3 aliphatic carbocycles. The zero-order chi connectivity index (χ0) is 9.38.